The molecule has 0 fully saturated rings. The molecular formula is C19H21Cl2FN2O3S. The van der Waals surface area contributed by atoms with E-state index >= 15 is 0 Å². The minimum Gasteiger partial charge on any atom is -0.356 e. The molecule has 0 bridgehead atoms. The second kappa shape index (κ2) is 10.1. The Morgan fingerprint density at radius 1 is 1.11 bits per heavy atom. The van der Waals surface area contributed by atoms with E-state index in [0.717, 1.165) is 11.8 Å². The van der Waals surface area contributed by atoms with Crippen LogP contribution in [0.5, 0.6) is 0 Å². The van der Waals surface area contributed by atoms with E-state index in [1.165, 1.54) is 34.6 Å². The highest BCUT2D eigenvalue weighted by Gasteiger charge is 2.18. The van der Waals surface area contributed by atoms with Crippen molar-refractivity contribution < 1.29 is 17.6 Å². The summed E-state index contributed by atoms with van der Waals surface area (Å²) < 4.78 is 38.2. The van der Waals surface area contributed by atoms with E-state index in [0.29, 0.717) is 35.1 Å². The molecule has 0 aliphatic heterocycles. The van der Waals surface area contributed by atoms with E-state index in [1.54, 1.807) is 12.1 Å². The monoisotopic (exact) mass is 446 g/mol. The number of benzene rings is 2. The third-order valence-corrected chi connectivity index (χ3v) is 5.58. The maximum atomic E-state index is 12.9. The number of carbonyl (C=O) groups excluding carboxylic acids is 1. The van der Waals surface area contributed by atoms with Crippen molar-refractivity contribution in [2.75, 3.05) is 23.7 Å². The standard InChI is InChI=1S/C19H21Cl2FN2O3S/c1-28(26,27)24(18-12-15(20)11-16(21)13-18)10-2-3-19(25)23-9-8-14-4-6-17(22)7-5-14/h4-7,11-13H,2-3,8-10H2,1H3,(H,23,25). The average molecular weight is 447 g/mol. The van der Waals surface area contributed by atoms with Crippen LogP contribution in [0.3, 0.4) is 0 Å². The number of nitrogens with zero attached hydrogens (tertiary/aromatic N) is 1. The first-order valence-corrected chi connectivity index (χ1v) is 11.2. The van der Waals surface area contributed by atoms with E-state index in [9.17, 15) is 17.6 Å². The van der Waals surface area contributed by atoms with Gasteiger partial charge < -0.3 is 5.32 Å². The largest absolute Gasteiger partial charge is 0.356 e. The normalized spacial score (nSPS) is 11.3. The summed E-state index contributed by atoms with van der Waals surface area (Å²) in [5.74, 6) is -0.483. The van der Waals surface area contributed by atoms with E-state index in [4.69, 9.17) is 23.2 Å². The molecule has 152 valence electrons. The number of sulfonamides is 1. The molecule has 9 heteroatoms. The summed E-state index contributed by atoms with van der Waals surface area (Å²) in [7, 11) is -3.55. The SMILES string of the molecule is CS(=O)(=O)N(CCCC(=O)NCCc1ccc(F)cc1)c1cc(Cl)cc(Cl)c1. The van der Waals surface area contributed by atoms with E-state index in [2.05, 4.69) is 5.32 Å². The highest BCUT2D eigenvalue weighted by molar-refractivity contribution is 7.92. The lowest BCUT2D eigenvalue weighted by Crippen LogP contribution is -2.32. The first-order valence-electron chi connectivity index (χ1n) is 8.60. The topological polar surface area (TPSA) is 66.5 Å². The minimum absolute atomic E-state index is 0.126. The molecular weight excluding hydrogens is 426 g/mol. The van der Waals surface area contributed by atoms with Gasteiger partial charge in [0.15, 0.2) is 0 Å². The maximum Gasteiger partial charge on any atom is 0.232 e. The van der Waals surface area contributed by atoms with Crippen molar-refractivity contribution in [2.45, 2.75) is 19.3 Å². The molecule has 1 N–H and O–H groups in total. The molecule has 0 radical (unpaired) electrons. The van der Waals surface area contributed by atoms with Crippen LogP contribution >= 0.6 is 23.2 Å². The molecule has 28 heavy (non-hydrogen) atoms. The molecule has 2 rings (SSSR count). The smallest absolute Gasteiger partial charge is 0.232 e. The molecule has 0 aromatic heterocycles. The first kappa shape index (κ1) is 22.5. The fourth-order valence-electron chi connectivity index (χ4n) is 2.64. The predicted molar refractivity (Wildman–Crippen MR) is 111 cm³/mol. The quantitative estimate of drug-likeness (QED) is 0.631. The Labute approximate surface area is 174 Å². The molecule has 0 saturated heterocycles. The second-order valence-electron chi connectivity index (χ2n) is 6.29. The van der Waals surface area contributed by atoms with Crippen LogP contribution in [0.1, 0.15) is 18.4 Å². The number of rotatable bonds is 9. The van der Waals surface area contributed by atoms with Gasteiger partial charge in [0.1, 0.15) is 5.82 Å². The zero-order chi connectivity index (χ0) is 20.7. The Morgan fingerprint density at radius 3 is 2.29 bits per heavy atom. The minimum atomic E-state index is -3.55. The second-order valence-corrected chi connectivity index (χ2v) is 9.07. The molecule has 0 aliphatic carbocycles. The summed E-state index contributed by atoms with van der Waals surface area (Å²) in [6.07, 6.45) is 2.18. The number of nitrogens with one attached hydrogen (secondary N) is 1. The van der Waals surface area contributed by atoms with Crippen LogP contribution < -0.4 is 9.62 Å². The lowest BCUT2D eigenvalue weighted by atomic mass is 10.1. The molecule has 2 aromatic rings. The highest BCUT2D eigenvalue weighted by Crippen LogP contribution is 2.27. The van der Waals surface area contributed by atoms with Crippen LogP contribution in [0.4, 0.5) is 10.1 Å². The number of carbonyl (C=O) groups is 1. The van der Waals surface area contributed by atoms with Crippen molar-refractivity contribution >= 4 is 44.8 Å². The zero-order valence-electron chi connectivity index (χ0n) is 15.3. The summed E-state index contributed by atoms with van der Waals surface area (Å²) in [5, 5.41) is 3.43. The number of hydrogen-bond donors (Lipinski definition) is 1. The average Bonchev–Trinajstić information content (AvgIpc) is 2.58. The van der Waals surface area contributed by atoms with Crippen LogP contribution in [0.15, 0.2) is 42.5 Å². The summed E-state index contributed by atoms with van der Waals surface area (Å²) in [6.45, 7) is 0.547. The first-order chi connectivity index (χ1) is 13.1. The molecule has 0 saturated carbocycles. The number of halogens is 3. The van der Waals surface area contributed by atoms with Gasteiger partial charge in [-0.2, -0.15) is 0 Å². The summed E-state index contributed by atoms with van der Waals surface area (Å²) >= 11 is 11.9. The van der Waals surface area contributed by atoms with Gasteiger partial charge in [-0.1, -0.05) is 35.3 Å². The number of hydrogen-bond acceptors (Lipinski definition) is 3. The van der Waals surface area contributed by atoms with Crippen LogP contribution in [0.25, 0.3) is 0 Å². The molecule has 0 heterocycles. The third kappa shape index (κ3) is 7.30. The van der Waals surface area contributed by atoms with Crippen molar-refractivity contribution in [3.63, 3.8) is 0 Å². The van der Waals surface area contributed by atoms with Gasteiger partial charge in [0.25, 0.3) is 0 Å². The molecule has 2 aromatic carbocycles. The Kier molecular flexibility index (Phi) is 8.10. The van der Waals surface area contributed by atoms with Crippen LogP contribution in [-0.2, 0) is 21.2 Å². The molecule has 1 amide bonds. The van der Waals surface area contributed by atoms with Crippen LogP contribution in [-0.4, -0.2) is 33.7 Å². The van der Waals surface area contributed by atoms with Crippen molar-refractivity contribution in [1.29, 1.82) is 0 Å². The van der Waals surface area contributed by atoms with Crippen molar-refractivity contribution in [3.8, 4) is 0 Å². The molecule has 0 spiro atoms. The van der Waals surface area contributed by atoms with E-state index < -0.39 is 10.0 Å². The third-order valence-electron chi connectivity index (χ3n) is 3.95. The maximum absolute atomic E-state index is 12.9. The number of anilines is 1. The molecule has 0 aliphatic rings. The van der Waals surface area contributed by atoms with E-state index in [1.807, 2.05) is 0 Å². The Morgan fingerprint density at radius 2 is 1.71 bits per heavy atom. The van der Waals surface area contributed by atoms with E-state index in [-0.39, 0.29) is 24.7 Å². The summed E-state index contributed by atoms with van der Waals surface area (Å²) in [6, 6.07) is 10.6. The highest BCUT2D eigenvalue weighted by atomic mass is 35.5. The fourth-order valence-corrected chi connectivity index (χ4v) is 4.10. The Balaban J connectivity index is 1.84. The van der Waals surface area contributed by atoms with Gasteiger partial charge in [0.2, 0.25) is 15.9 Å². The summed E-state index contributed by atoms with van der Waals surface area (Å²) in [5.41, 5.74) is 1.28. The predicted octanol–water partition coefficient (Wildman–Crippen LogP) is 4.04. The summed E-state index contributed by atoms with van der Waals surface area (Å²) in [4.78, 5) is 12.0. The van der Waals surface area contributed by atoms with Gasteiger partial charge in [0.05, 0.1) is 11.9 Å². The van der Waals surface area contributed by atoms with Crippen LogP contribution in [0.2, 0.25) is 10.0 Å². The van der Waals surface area contributed by atoms with Crippen LogP contribution in [0, 0.1) is 5.82 Å². The van der Waals surface area contributed by atoms with Gasteiger partial charge in [-0.05, 0) is 48.7 Å². The lowest BCUT2D eigenvalue weighted by molar-refractivity contribution is -0.121. The Hall–Kier alpha value is -1.83. The van der Waals surface area contributed by atoms with Gasteiger partial charge >= 0.3 is 0 Å². The lowest BCUT2D eigenvalue weighted by Gasteiger charge is -2.22. The van der Waals surface area contributed by atoms with Gasteiger partial charge in [-0.3, -0.25) is 9.10 Å². The fraction of sp³-hybridized carbons (Fsp3) is 0.316. The van der Waals surface area contributed by atoms with Crippen molar-refractivity contribution in [1.82, 2.24) is 5.32 Å². The molecule has 5 nitrogen and oxygen atoms in total. The van der Waals surface area contributed by atoms with Gasteiger partial charge in [-0.25, -0.2) is 12.8 Å². The zero-order valence-corrected chi connectivity index (χ0v) is 17.6. The molecule has 0 unspecified atom stereocenters. The van der Waals surface area contributed by atoms with Gasteiger partial charge in [-0.15, -0.1) is 0 Å². The Bertz CT molecular complexity index is 901. The number of amides is 1. The molecule has 0 atom stereocenters. The van der Waals surface area contributed by atoms with Gasteiger partial charge in [0, 0.05) is 29.6 Å². The van der Waals surface area contributed by atoms with Crippen molar-refractivity contribution in [2.24, 2.45) is 0 Å². The van der Waals surface area contributed by atoms with Crippen molar-refractivity contribution in [3.05, 3.63) is 63.9 Å².